The van der Waals surface area contributed by atoms with E-state index in [9.17, 15) is 17.6 Å². The number of halogens is 4. The minimum atomic E-state index is -4.35. The summed E-state index contributed by atoms with van der Waals surface area (Å²) in [6, 6.07) is 5.92. The Hall–Kier alpha value is -2.22. The second-order valence-electron chi connectivity index (χ2n) is 7.18. The van der Waals surface area contributed by atoms with Gasteiger partial charge in [-0.2, -0.15) is 13.2 Å². The molecule has 3 heterocycles. The van der Waals surface area contributed by atoms with Crippen LogP contribution in [-0.4, -0.2) is 40.5 Å². The van der Waals surface area contributed by atoms with Crippen LogP contribution < -0.4 is 4.90 Å². The maximum atomic E-state index is 13.3. The fourth-order valence-corrected chi connectivity index (χ4v) is 4.23. The first-order valence-corrected chi connectivity index (χ1v) is 9.03. The lowest BCUT2D eigenvalue weighted by Gasteiger charge is -2.38. The van der Waals surface area contributed by atoms with E-state index in [-0.39, 0.29) is 12.6 Å². The number of hydrogen-bond donors (Lipinski definition) is 0. The minimum Gasteiger partial charge on any atom is -0.339 e. The van der Waals surface area contributed by atoms with E-state index in [4.69, 9.17) is 0 Å². The van der Waals surface area contributed by atoms with Gasteiger partial charge < -0.3 is 4.90 Å². The summed E-state index contributed by atoms with van der Waals surface area (Å²) < 4.78 is 53.0. The number of fused-ring (bicyclic) bond motifs is 1. The summed E-state index contributed by atoms with van der Waals surface area (Å²) in [5, 5.41) is 0. The highest BCUT2D eigenvalue weighted by atomic mass is 19.4. The molecular weight excluding hydrogens is 360 g/mol. The first-order valence-electron chi connectivity index (χ1n) is 9.03. The summed E-state index contributed by atoms with van der Waals surface area (Å²) in [5.41, 5.74) is -0.260. The molecule has 8 heteroatoms. The molecular formula is C19H20F4N4. The molecule has 2 aliphatic rings. The molecule has 0 amide bonds. The molecule has 0 N–H and O–H groups in total. The standard InChI is InChI=1S/C19H20F4N4/c20-15-9-24-18(25-10-15)27-8-6-13-5-7-26(17(13)12-27)11-14-3-1-2-4-16(14)19(21,22)23/h1-4,9-10,13,17H,5-8,11-12H2. The number of rotatable bonds is 3. The van der Waals surface area contributed by atoms with E-state index in [0.29, 0.717) is 24.0 Å². The minimum absolute atomic E-state index is 0.147. The third kappa shape index (κ3) is 3.76. The van der Waals surface area contributed by atoms with Crippen molar-refractivity contribution in [3.05, 3.63) is 53.6 Å². The van der Waals surface area contributed by atoms with Crippen molar-refractivity contribution in [1.29, 1.82) is 0 Å². The quantitative estimate of drug-likeness (QED) is 0.760. The Bertz CT molecular complexity index is 793. The molecule has 1 aromatic carbocycles. The van der Waals surface area contributed by atoms with Crippen molar-refractivity contribution in [2.24, 2.45) is 5.92 Å². The molecule has 1 aromatic heterocycles. The van der Waals surface area contributed by atoms with Crippen LogP contribution in [0.25, 0.3) is 0 Å². The van der Waals surface area contributed by atoms with Crippen molar-refractivity contribution in [3.8, 4) is 0 Å². The Morgan fingerprint density at radius 2 is 1.74 bits per heavy atom. The van der Waals surface area contributed by atoms with Gasteiger partial charge in [-0.3, -0.25) is 4.90 Å². The average molecular weight is 380 g/mol. The van der Waals surface area contributed by atoms with Crippen molar-refractivity contribution < 1.29 is 17.6 Å². The van der Waals surface area contributed by atoms with Gasteiger partial charge in [0.2, 0.25) is 5.95 Å². The highest BCUT2D eigenvalue weighted by Gasteiger charge is 2.40. The van der Waals surface area contributed by atoms with Crippen LogP contribution in [0.15, 0.2) is 36.7 Å². The third-order valence-electron chi connectivity index (χ3n) is 5.56. The molecule has 0 aliphatic carbocycles. The lowest BCUT2D eigenvalue weighted by molar-refractivity contribution is -0.138. The fourth-order valence-electron chi connectivity index (χ4n) is 4.23. The largest absolute Gasteiger partial charge is 0.416 e. The molecule has 0 spiro atoms. The number of piperidine rings is 1. The van der Waals surface area contributed by atoms with Gasteiger partial charge in [0, 0.05) is 25.7 Å². The lowest BCUT2D eigenvalue weighted by Crippen LogP contribution is -2.48. The molecule has 27 heavy (non-hydrogen) atoms. The van der Waals surface area contributed by atoms with Crippen LogP contribution >= 0.6 is 0 Å². The van der Waals surface area contributed by atoms with Gasteiger partial charge >= 0.3 is 6.18 Å². The SMILES string of the molecule is Fc1cnc(N2CCC3CCN(Cc4ccccc4C(F)(F)F)C3C2)nc1. The van der Waals surface area contributed by atoms with Gasteiger partial charge in [-0.25, -0.2) is 14.4 Å². The Kier molecular flexibility index (Phi) is 4.75. The van der Waals surface area contributed by atoms with Crippen LogP contribution in [0.5, 0.6) is 0 Å². The smallest absolute Gasteiger partial charge is 0.339 e. The van der Waals surface area contributed by atoms with E-state index in [2.05, 4.69) is 14.9 Å². The molecule has 2 fully saturated rings. The maximum Gasteiger partial charge on any atom is 0.416 e. The molecule has 2 aromatic rings. The molecule has 0 bridgehead atoms. The zero-order chi connectivity index (χ0) is 19.0. The van der Waals surface area contributed by atoms with Crippen LogP contribution in [0.3, 0.4) is 0 Å². The summed E-state index contributed by atoms with van der Waals surface area (Å²) in [7, 11) is 0. The molecule has 0 radical (unpaired) electrons. The van der Waals surface area contributed by atoms with E-state index in [1.54, 1.807) is 12.1 Å². The number of benzene rings is 1. The van der Waals surface area contributed by atoms with Gasteiger partial charge in [-0.15, -0.1) is 0 Å². The molecule has 2 saturated heterocycles. The van der Waals surface area contributed by atoms with Gasteiger partial charge in [0.05, 0.1) is 18.0 Å². The van der Waals surface area contributed by atoms with E-state index in [1.165, 1.54) is 6.07 Å². The predicted octanol–water partition coefficient (Wildman–Crippen LogP) is 3.74. The Labute approximate surface area is 154 Å². The van der Waals surface area contributed by atoms with Crippen molar-refractivity contribution >= 4 is 5.95 Å². The first kappa shape index (κ1) is 18.2. The van der Waals surface area contributed by atoms with Crippen LogP contribution in [-0.2, 0) is 12.7 Å². The maximum absolute atomic E-state index is 13.3. The monoisotopic (exact) mass is 380 g/mol. The number of alkyl halides is 3. The van der Waals surface area contributed by atoms with Crippen LogP contribution in [0.4, 0.5) is 23.5 Å². The summed E-state index contributed by atoms with van der Waals surface area (Å²) in [6.07, 6.45) is -0.156. The number of anilines is 1. The second-order valence-corrected chi connectivity index (χ2v) is 7.18. The Morgan fingerprint density at radius 3 is 2.48 bits per heavy atom. The summed E-state index contributed by atoms with van der Waals surface area (Å²) in [4.78, 5) is 12.2. The van der Waals surface area contributed by atoms with Gasteiger partial charge in [0.25, 0.3) is 0 Å². The van der Waals surface area contributed by atoms with E-state index in [1.807, 2.05) is 4.90 Å². The van der Waals surface area contributed by atoms with Crippen molar-refractivity contribution in [1.82, 2.24) is 14.9 Å². The van der Waals surface area contributed by atoms with Crippen molar-refractivity contribution in [2.45, 2.75) is 31.6 Å². The summed E-state index contributed by atoms with van der Waals surface area (Å²) in [6.45, 7) is 2.47. The normalized spacial score (nSPS) is 23.5. The highest BCUT2D eigenvalue weighted by Crippen LogP contribution is 2.36. The second kappa shape index (κ2) is 7.07. The van der Waals surface area contributed by atoms with Crippen LogP contribution in [0.2, 0.25) is 0 Å². The van der Waals surface area contributed by atoms with E-state index < -0.39 is 17.6 Å². The Morgan fingerprint density at radius 1 is 1.04 bits per heavy atom. The molecule has 4 rings (SSSR count). The van der Waals surface area contributed by atoms with Gasteiger partial charge in [-0.05, 0) is 36.9 Å². The van der Waals surface area contributed by atoms with E-state index >= 15 is 0 Å². The van der Waals surface area contributed by atoms with E-state index in [0.717, 1.165) is 44.4 Å². The molecule has 4 nitrogen and oxygen atoms in total. The zero-order valence-electron chi connectivity index (χ0n) is 14.7. The number of aromatic nitrogens is 2. The molecule has 2 atom stereocenters. The topological polar surface area (TPSA) is 32.3 Å². The number of likely N-dealkylation sites (tertiary alicyclic amines) is 1. The number of nitrogens with zero attached hydrogens (tertiary/aromatic N) is 4. The van der Waals surface area contributed by atoms with Crippen LogP contribution in [0, 0.1) is 11.7 Å². The average Bonchev–Trinajstić information content (AvgIpc) is 3.04. The highest BCUT2D eigenvalue weighted by molar-refractivity contribution is 5.32. The lowest BCUT2D eigenvalue weighted by atomic mass is 9.92. The van der Waals surface area contributed by atoms with Gasteiger partial charge in [0.1, 0.15) is 0 Å². The van der Waals surface area contributed by atoms with Gasteiger partial charge in [-0.1, -0.05) is 18.2 Å². The molecule has 2 aliphatic heterocycles. The summed E-state index contributed by atoms with van der Waals surface area (Å²) >= 11 is 0. The summed E-state index contributed by atoms with van der Waals surface area (Å²) in [5.74, 6) is 0.442. The molecule has 2 unspecified atom stereocenters. The Balaban J connectivity index is 1.51. The molecule has 144 valence electrons. The molecule has 0 saturated carbocycles. The fraction of sp³-hybridized carbons (Fsp3) is 0.474. The van der Waals surface area contributed by atoms with Crippen molar-refractivity contribution in [3.63, 3.8) is 0 Å². The van der Waals surface area contributed by atoms with Crippen molar-refractivity contribution in [2.75, 3.05) is 24.5 Å². The third-order valence-corrected chi connectivity index (χ3v) is 5.56. The number of hydrogen-bond acceptors (Lipinski definition) is 4. The first-order chi connectivity index (χ1) is 12.9. The zero-order valence-corrected chi connectivity index (χ0v) is 14.7. The predicted molar refractivity (Wildman–Crippen MR) is 92.6 cm³/mol. The van der Waals surface area contributed by atoms with Crippen LogP contribution in [0.1, 0.15) is 24.0 Å². The van der Waals surface area contributed by atoms with Gasteiger partial charge in [0.15, 0.2) is 5.82 Å².